The average molecular weight is 448 g/mol. The number of nitrogens with zero attached hydrogens (tertiary/aromatic N) is 2. The largest absolute Gasteiger partial charge is 0.508 e. The molecule has 0 bridgehead atoms. The third-order valence-corrected chi connectivity index (χ3v) is 6.10. The van der Waals surface area contributed by atoms with Gasteiger partial charge in [0.1, 0.15) is 11.6 Å². The Labute approximate surface area is 194 Å². The summed E-state index contributed by atoms with van der Waals surface area (Å²) in [7, 11) is 0. The minimum Gasteiger partial charge on any atom is -0.508 e. The Morgan fingerprint density at radius 2 is 1.48 bits per heavy atom. The zero-order chi connectivity index (χ0) is 23.0. The molecule has 0 aromatic heterocycles. The Kier molecular flexibility index (Phi) is 7.58. The Bertz CT molecular complexity index is 1050. The molecule has 1 aliphatic heterocycles. The van der Waals surface area contributed by atoms with Gasteiger partial charge in [0, 0.05) is 38.3 Å². The Morgan fingerprint density at radius 3 is 2.15 bits per heavy atom. The average Bonchev–Trinajstić information content (AvgIpc) is 2.85. The van der Waals surface area contributed by atoms with Crippen molar-refractivity contribution < 1.29 is 14.3 Å². The maximum atomic E-state index is 14.0. The van der Waals surface area contributed by atoms with Crippen molar-refractivity contribution in [3.05, 3.63) is 84.2 Å². The lowest BCUT2D eigenvalue weighted by Gasteiger charge is -2.36. The van der Waals surface area contributed by atoms with E-state index >= 15 is 0 Å². The predicted molar refractivity (Wildman–Crippen MR) is 130 cm³/mol. The molecule has 5 nitrogen and oxygen atoms in total. The van der Waals surface area contributed by atoms with Crippen LogP contribution in [0.1, 0.15) is 23.2 Å². The molecule has 1 saturated heterocycles. The SMILES string of the molecule is O=C(NCCCCN1CCN(c2ccccc2F)CC1)c1ccc(-c2ccc(O)cc2)cc1. The van der Waals surface area contributed by atoms with Gasteiger partial charge in [-0.3, -0.25) is 9.69 Å². The molecule has 4 rings (SSSR count). The van der Waals surface area contributed by atoms with Crippen molar-refractivity contribution in [2.24, 2.45) is 0 Å². The van der Waals surface area contributed by atoms with Gasteiger partial charge in [0.05, 0.1) is 5.69 Å². The van der Waals surface area contributed by atoms with Crippen molar-refractivity contribution >= 4 is 11.6 Å². The van der Waals surface area contributed by atoms with E-state index in [9.17, 15) is 14.3 Å². The highest BCUT2D eigenvalue weighted by Crippen LogP contribution is 2.22. The number of nitrogens with one attached hydrogen (secondary N) is 1. The molecule has 3 aromatic carbocycles. The van der Waals surface area contributed by atoms with Gasteiger partial charge in [-0.25, -0.2) is 4.39 Å². The van der Waals surface area contributed by atoms with E-state index in [2.05, 4.69) is 15.1 Å². The number of hydrogen-bond acceptors (Lipinski definition) is 4. The number of aromatic hydroxyl groups is 1. The monoisotopic (exact) mass is 447 g/mol. The summed E-state index contributed by atoms with van der Waals surface area (Å²) >= 11 is 0. The van der Waals surface area contributed by atoms with Gasteiger partial charge >= 0.3 is 0 Å². The molecule has 2 N–H and O–H groups in total. The number of carbonyl (C=O) groups is 1. The topological polar surface area (TPSA) is 55.8 Å². The second kappa shape index (κ2) is 11.0. The number of amides is 1. The molecule has 0 radical (unpaired) electrons. The first kappa shape index (κ1) is 22.8. The fourth-order valence-corrected chi connectivity index (χ4v) is 4.15. The Balaban J connectivity index is 1.14. The fraction of sp³-hybridized carbons (Fsp3) is 0.296. The van der Waals surface area contributed by atoms with Crippen LogP contribution in [-0.4, -0.2) is 55.2 Å². The van der Waals surface area contributed by atoms with Gasteiger partial charge in [-0.15, -0.1) is 0 Å². The van der Waals surface area contributed by atoms with Crippen molar-refractivity contribution in [1.82, 2.24) is 10.2 Å². The number of benzene rings is 3. The molecule has 1 aliphatic rings. The van der Waals surface area contributed by atoms with E-state index < -0.39 is 0 Å². The van der Waals surface area contributed by atoms with Crippen LogP contribution in [0.2, 0.25) is 0 Å². The normalized spacial score (nSPS) is 14.3. The smallest absolute Gasteiger partial charge is 0.251 e. The van der Waals surface area contributed by atoms with Crippen molar-refractivity contribution in [1.29, 1.82) is 0 Å². The van der Waals surface area contributed by atoms with E-state index in [1.807, 2.05) is 48.5 Å². The van der Waals surface area contributed by atoms with Gasteiger partial charge in [0.2, 0.25) is 0 Å². The quantitative estimate of drug-likeness (QED) is 0.498. The molecular formula is C27H30FN3O2. The molecule has 1 fully saturated rings. The number of unbranched alkanes of at least 4 members (excludes halogenated alkanes) is 1. The Hall–Kier alpha value is -3.38. The van der Waals surface area contributed by atoms with E-state index in [4.69, 9.17) is 0 Å². The van der Waals surface area contributed by atoms with Crippen molar-refractivity contribution in [3.8, 4) is 16.9 Å². The number of piperazine rings is 1. The molecule has 1 heterocycles. The summed E-state index contributed by atoms with van der Waals surface area (Å²) in [4.78, 5) is 16.9. The molecule has 0 atom stereocenters. The molecule has 1 amide bonds. The molecule has 3 aromatic rings. The van der Waals surface area contributed by atoms with Gasteiger partial charge in [-0.1, -0.05) is 36.4 Å². The molecule has 6 heteroatoms. The summed E-state index contributed by atoms with van der Waals surface area (Å²) in [5.74, 6) is 0.0158. The van der Waals surface area contributed by atoms with Crippen molar-refractivity contribution in [2.45, 2.75) is 12.8 Å². The Morgan fingerprint density at radius 1 is 0.848 bits per heavy atom. The number of halogens is 1. The summed E-state index contributed by atoms with van der Waals surface area (Å²) < 4.78 is 14.0. The van der Waals surface area contributed by atoms with Crippen molar-refractivity contribution in [3.63, 3.8) is 0 Å². The molecular weight excluding hydrogens is 417 g/mol. The van der Waals surface area contributed by atoms with Crippen LogP contribution in [0.5, 0.6) is 5.75 Å². The van der Waals surface area contributed by atoms with E-state index in [-0.39, 0.29) is 17.5 Å². The lowest BCUT2D eigenvalue weighted by atomic mass is 10.0. The number of phenols is 1. The second-order valence-electron chi connectivity index (χ2n) is 8.37. The molecule has 0 unspecified atom stereocenters. The van der Waals surface area contributed by atoms with Crippen molar-refractivity contribution in [2.75, 3.05) is 44.2 Å². The zero-order valence-corrected chi connectivity index (χ0v) is 18.7. The molecule has 33 heavy (non-hydrogen) atoms. The zero-order valence-electron chi connectivity index (χ0n) is 18.7. The van der Waals surface area contributed by atoms with Crippen LogP contribution in [0.4, 0.5) is 10.1 Å². The number of carbonyl (C=O) groups excluding carboxylic acids is 1. The summed E-state index contributed by atoms with van der Waals surface area (Å²) in [5, 5.41) is 12.4. The standard InChI is InChI=1S/C27H30FN3O2/c28-25-5-1-2-6-26(25)31-19-17-30(18-20-31)16-4-3-15-29-27(33)23-9-7-21(8-10-23)22-11-13-24(32)14-12-22/h1-2,5-14,32H,3-4,15-20H2,(H,29,33). The molecule has 172 valence electrons. The summed E-state index contributed by atoms with van der Waals surface area (Å²) in [5.41, 5.74) is 3.33. The van der Waals surface area contributed by atoms with E-state index in [1.165, 1.54) is 6.07 Å². The number of para-hydroxylation sites is 1. The number of rotatable bonds is 8. The number of anilines is 1. The highest BCUT2D eigenvalue weighted by Gasteiger charge is 2.18. The van der Waals surface area contributed by atoms with Gasteiger partial charge in [0.25, 0.3) is 5.91 Å². The predicted octanol–water partition coefficient (Wildman–Crippen LogP) is 4.53. The highest BCUT2D eigenvalue weighted by atomic mass is 19.1. The van der Waals surface area contributed by atoms with E-state index in [1.54, 1.807) is 18.2 Å². The first-order valence-corrected chi connectivity index (χ1v) is 11.5. The minimum atomic E-state index is -0.156. The fourth-order valence-electron chi connectivity index (χ4n) is 4.15. The second-order valence-corrected chi connectivity index (χ2v) is 8.37. The highest BCUT2D eigenvalue weighted by molar-refractivity contribution is 5.94. The van der Waals surface area contributed by atoms with Crippen LogP contribution in [0.3, 0.4) is 0 Å². The van der Waals surface area contributed by atoms with E-state index in [0.717, 1.165) is 56.7 Å². The lowest BCUT2D eigenvalue weighted by Crippen LogP contribution is -2.47. The van der Waals surface area contributed by atoms with Crippen LogP contribution in [0, 0.1) is 5.82 Å². The van der Waals surface area contributed by atoms with Gasteiger partial charge < -0.3 is 15.3 Å². The first-order valence-electron chi connectivity index (χ1n) is 11.5. The van der Waals surface area contributed by atoms with Gasteiger partial charge in [-0.2, -0.15) is 0 Å². The van der Waals surface area contributed by atoms with Crippen LogP contribution >= 0.6 is 0 Å². The number of hydrogen-bond donors (Lipinski definition) is 2. The summed E-state index contributed by atoms with van der Waals surface area (Å²) in [6.07, 6.45) is 1.94. The van der Waals surface area contributed by atoms with Crippen LogP contribution in [0.15, 0.2) is 72.8 Å². The minimum absolute atomic E-state index is 0.0641. The van der Waals surface area contributed by atoms with Gasteiger partial charge in [0.15, 0.2) is 0 Å². The third kappa shape index (κ3) is 6.11. The van der Waals surface area contributed by atoms with Gasteiger partial charge in [-0.05, 0) is 66.9 Å². The maximum absolute atomic E-state index is 14.0. The molecule has 0 aliphatic carbocycles. The van der Waals surface area contributed by atoms with E-state index in [0.29, 0.717) is 17.8 Å². The molecule has 0 saturated carbocycles. The van der Waals surface area contributed by atoms with Crippen LogP contribution in [-0.2, 0) is 0 Å². The molecule has 0 spiro atoms. The first-order chi connectivity index (χ1) is 16.1. The maximum Gasteiger partial charge on any atom is 0.251 e. The summed E-state index contributed by atoms with van der Waals surface area (Å²) in [6, 6.07) is 21.5. The summed E-state index contributed by atoms with van der Waals surface area (Å²) in [6.45, 7) is 5.15. The lowest BCUT2D eigenvalue weighted by molar-refractivity contribution is 0.0952. The van der Waals surface area contributed by atoms with Crippen LogP contribution < -0.4 is 10.2 Å². The third-order valence-electron chi connectivity index (χ3n) is 6.10. The van der Waals surface area contributed by atoms with Crippen LogP contribution in [0.25, 0.3) is 11.1 Å². The number of phenolic OH excluding ortho intramolecular Hbond substituents is 1.